The molecule has 17 heavy (non-hydrogen) atoms. The Morgan fingerprint density at radius 3 is 2.71 bits per heavy atom. The number of unbranched alkanes of at least 4 members (excludes halogenated alkanes) is 1. The second-order valence-electron chi connectivity index (χ2n) is 5.02. The van der Waals surface area contributed by atoms with Gasteiger partial charge in [-0.2, -0.15) is 0 Å². The average molecular weight is 240 g/mol. The molecule has 0 radical (unpaired) electrons. The van der Waals surface area contributed by atoms with Crippen molar-refractivity contribution < 1.29 is 9.59 Å². The molecule has 0 aromatic rings. The van der Waals surface area contributed by atoms with E-state index in [1.54, 1.807) is 0 Å². The molecule has 2 N–H and O–H groups in total. The maximum Gasteiger partial charge on any atom is 0.223 e. The van der Waals surface area contributed by atoms with Gasteiger partial charge in [0.2, 0.25) is 11.8 Å². The van der Waals surface area contributed by atoms with Crippen LogP contribution in [-0.2, 0) is 9.59 Å². The SMILES string of the molecule is CCCCC(CC)CN1CC(C(N)=O)CC1=O. The first kappa shape index (κ1) is 14.0. The maximum atomic E-state index is 11.7. The van der Waals surface area contributed by atoms with E-state index in [1.165, 1.54) is 12.8 Å². The predicted octanol–water partition coefficient (Wildman–Crippen LogP) is 1.54. The Morgan fingerprint density at radius 2 is 2.24 bits per heavy atom. The fraction of sp³-hybridized carbons (Fsp3) is 0.846. The first-order valence-electron chi connectivity index (χ1n) is 6.65. The van der Waals surface area contributed by atoms with Gasteiger partial charge in [-0.15, -0.1) is 0 Å². The molecule has 0 aliphatic carbocycles. The third-order valence-corrected chi connectivity index (χ3v) is 3.64. The van der Waals surface area contributed by atoms with Crippen LogP contribution in [-0.4, -0.2) is 29.8 Å². The Labute approximate surface area is 104 Å². The number of hydrogen-bond acceptors (Lipinski definition) is 2. The van der Waals surface area contributed by atoms with E-state index in [2.05, 4.69) is 13.8 Å². The number of amides is 2. The molecule has 1 aliphatic rings. The van der Waals surface area contributed by atoms with Crippen molar-refractivity contribution in [2.45, 2.75) is 46.0 Å². The van der Waals surface area contributed by atoms with Crippen molar-refractivity contribution in [3.05, 3.63) is 0 Å². The van der Waals surface area contributed by atoms with Gasteiger partial charge in [0.15, 0.2) is 0 Å². The minimum absolute atomic E-state index is 0.0868. The molecule has 2 amide bonds. The number of rotatable bonds is 7. The molecule has 4 heteroatoms. The summed E-state index contributed by atoms with van der Waals surface area (Å²) < 4.78 is 0. The van der Waals surface area contributed by atoms with Crippen molar-refractivity contribution in [2.24, 2.45) is 17.6 Å². The molecule has 0 bridgehead atoms. The molecule has 0 aromatic carbocycles. The Kier molecular flexibility index (Phi) is 5.45. The van der Waals surface area contributed by atoms with E-state index in [-0.39, 0.29) is 17.7 Å². The highest BCUT2D eigenvalue weighted by Crippen LogP contribution is 2.21. The van der Waals surface area contributed by atoms with Crippen molar-refractivity contribution in [2.75, 3.05) is 13.1 Å². The first-order chi connectivity index (χ1) is 8.08. The quantitative estimate of drug-likeness (QED) is 0.733. The zero-order valence-electron chi connectivity index (χ0n) is 10.9. The lowest BCUT2D eigenvalue weighted by atomic mass is 9.99. The second kappa shape index (κ2) is 6.62. The van der Waals surface area contributed by atoms with Gasteiger partial charge in [-0.25, -0.2) is 0 Å². The molecule has 4 nitrogen and oxygen atoms in total. The number of nitrogens with two attached hydrogens (primary N) is 1. The Hall–Kier alpha value is -1.06. The number of primary amides is 1. The maximum absolute atomic E-state index is 11.7. The van der Waals surface area contributed by atoms with Crippen LogP contribution >= 0.6 is 0 Å². The molecule has 0 aromatic heterocycles. The van der Waals surface area contributed by atoms with Crippen molar-refractivity contribution in [1.82, 2.24) is 4.90 Å². The standard InChI is InChI=1S/C13H24N2O2/c1-3-5-6-10(4-2)8-15-9-11(13(14)17)7-12(15)16/h10-11H,3-9H2,1-2H3,(H2,14,17). The van der Waals surface area contributed by atoms with Crippen LogP contribution in [0.25, 0.3) is 0 Å². The van der Waals surface area contributed by atoms with E-state index < -0.39 is 0 Å². The number of likely N-dealkylation sites (tertiary alicyclic amines) is 1. The van der Waals surface area contributed by atoms with Crippen LogP contribution in [0.3, 0.4) is 0 Å². The molecule has 0 spiro atoms. The van der Waals surface area contributed by atoms with Gasteiger partial charge in [-0.1, -0.05) is 33.1 Å². The summed E-state index contributed by atoms with van der Waals surface area (Å²) >= 11 is 0. The zero-order chi connectivity index (χ0) is 12.8. The summed E-state index contributed by atoms with van der Waals surface area (Å²) in [5.74, 6) is 0.0305. The molecule has 1 fully saturated rings. The van der Waals surface area contributed by atoms with Crippen molar-refractivity contribution in [3.8, 4) is 0 Å². The molecule has 2 atom stereocenters. The van der Waals surface area contributed by atoms with Gasteiger partial charge in [-0.3, -0.25) is 9.59 Å². The third kappa shape index (κ3) is 4.02. The summed E-state index contributed by atoms with van der Waals surface area (Å²) in [5.41, 5.74) is 5.25. The normalized spacial score (nSPS) is 21.9. The van der Waals surface area contributed by atoms with Crippen LogP contribution in [0.5, 0.6) is 0 Å². The van der Waals surface area contributed by atoms with E-state index >= 15 is 0 Å². The number of nitrogens with zero attached hydrogens (tertiary/aromatic N) is 1. The summed E-state index contributed by atoms with van der Waals surface area (Å²) in [6.45, 7) is 5.65. The Balaban J connectivity index is 2.44. The monoisotopic (exact) mass is 240 g/mol. The molecule has 1 heterocycles. The van der Waals surface area contributed by atoms with Gasteiger partial charge < -0.3 is 10.6 Å². The van der Waals surface area contributed by atoms with E-state index in [4.69, 9.17) is 5.73 Å². The highest BCUT2D eigenvalue weighted by molar-refractivity contribution is 5.88. The van der Waals surface area contributed by atoms with Crippen LogP contribution < -0.4 is 5.73 Å². The molecule has 1 rings (SSSR count). The van der Waals surface area contributed by atoms with Gasteiger partial charge in [0, 0.05) is 19.5 Å². The van der Waals surface area contributed by atoms with Gasteiger partial charge in [-0.05, 0) is 12.3 Å². The fourth-order valence-corrected chi connectivity index (χ4v) is 2.37. The highest BCUT2D eigenvalue weighted by atomic mass is 16.2. The summed E-state index contributed by atoms with van der Waals surface area (Å²) in [4.78, 5) is 24.6. The number of carbonyl (C=O) groups excluding carboxylic acids is 2. The summed E-state index contributed by atoms with van der Waals surface area (Å²) in [7, 11) is 0. The van der Waals surface area contributed by atoms with Gasteiger partial charge in [0.1, 0.15) is 0 Å². The average Bonchev–Trinajstić information content (AvgIpc) is 2.66. The van der Waals surface area contributed by atoms with E-state index in [1.807, 2.05) is 4.90 Å². The lowest BCUT2D eigenvalue weighted by Crippen LogP contribution is -2.32. The summed E-state index contributed by atoms with van der Waals surface area (Å²) in [6, 6.07) is 0. The molecule has 0 saturated carbocycles. The lowest BCUT2D eigenvalue weighted by Gasteiger charge is -2.23. The largest absolute Gasteiger partial charge is 0.369 e. The number of carbonyl (C=O) groups is 2. The van der Waals surface area contributed by atoms with Crippen LogP contribution in [0.2, 0.25) is 0 Å². The van der Waals surface area contributed by atoms with Gasteiger partial charge >= 0.3 is 0 Å². The van der Waals surface area contributed by atoms with Crippen molar-refractivity contribution in [3.63, 3.8) is 0 Å². The predicted molar refractivity (Wildman–Crippen MR) is 67.2 cm³/mol. The number of hydrogen-bond donors (Lipinski definition) is 1. The minimum atomic E-state index is -0.345. The molecular formula is C13H24N2O2. The highest BCUT2D eigenvalue weighted by Gasteiger charge is 2.33. The fourth-order valence-electron chi connectivity index (χ4n) is 2.37. The van der Waals surface area contributed by atoms with Gasteiger partial charge in [0.25, 0.3) is 0 Å². The second-order valence-corrected chi connectivity index (χ2v) is 5.02. The van der Waals surface area contributed by atoms with Crippen LogP contribution in [0.1, 0.15) is 46.0 Å². The molecule has 1 saturated heterocycles. The topological polar surface area (TPSA) is 63.4 Å². The van der Waals surface area contributed by atoms with E-state index in [0.29, 0.717) is 18.9 Å². The van der Waals surface area contributed by atoms with E-state index in [0.717, 1.165) is 19.4 Å². The summed E-state index contributed by atoms with van der Waals surface area (Å²) in [5, 5.41) is 0. The third-order valence-electron chi connectivity index (χ3n) is 3.64. The first-order valence-corrected chi connectivity index (χ1v) is 6.65. The molecule has 1 aliphatic heterocycles. The Bertz CT molecular complexity index is 279. The van der Waals surface area contributed by atoms with Crippen LogP contribution in [0.15, 0.2) is 0 Å². The zero-order valence-corrected chi connectivity index (χ0v) is 10.9. The summed E-state index contributed by atoms with van der Waals surface area (Å²) in [6.07, 6.45) is 4.96. The van der Waals surface area contributed by atoms with E-state index in [9.17, 15) is 9.59 Å². The molecule has 2 unspecified atom stereocenters. The molecular weight excluding hydrogens is 216 g/mol. The van der Waals surface area contributed by atoms with Crippen molar-refractivity contribution >= 4 is 11.8 Å². The minimum Gasteiger partial charge on any atom is -0.369 e. The lowest BCUT2D eigenvalue weighted by molar-refractivity contribution is -0.129. The van der Waals surface area contributed by atoms with Crippen LogP contribution in [0.4, 0.5) is 0 Å². The smallest absolute Gasteiger partial charge is 0.223 e. The van der Waals surface area contributed by atoms with Crippen LogP contribution in [0, 0.1) is 11.8 Å². The van der Waals surface area contributed by atoms with Gasteiger partial charge in [0.05, 0.1) is 5.92 Å². The Morgan fingerprint density at radius 1 is 1.53 bits per heavy atom. The molecule has 98 valence electrons. The van der Waals surface area contributed by atoms with Crippen molar-refractivity contribution in [1.29, 1.82) is 0 Å².